The Morgan fingerprint density at radius 3 is 2.37 bits per heavy atom. The van der Waals surface area contributed by atoms with Gasteiger partial charge in [0, 0.05) is 20.2 Å². The van der Waals surface area contributed by atoms with Gasteiger partial charge >= 0.3 is 6.09 Å². The number of hydrogen-bond donors (Lipinski definition) is 3. The predicted molar refractivity (Wildman–Crippen MR) is 71.7 cm³/mol. The molecule has 0 saturated heterocycles. The van der Waals surface area contributed by atoms with Crippen molar-refractivity contribution in [2.24, 2.45) is 5.73 Å². The third-order valence-electron chi connectivity index (χ3n) is 2.14. The number of nitrogens with two attached hydrogens (primary N) is 1. The van der Waals surface area contributed by atoms with E-state index in [2.05, 4.69) is 10.6 Å². The molecule has 0 saturated carbocycles. The Bertz CT molecular complexity index is 289. The molecular weight excluding hydrogens is 250 g/mol. The fourth-order valence-electron chi connectivity index (χ4n) is 1.31. The van der Waals surface area contributed by atoms with Gasteiger partial charge in [0.2, 0.25) is 5.91 Å². The monoisotopic (exact) mass is 275 g/mol. The Morgan fingerprint density at radius 2 is 1.89 bits per heavy atom. The van der Waals surface area contributed by atoms with Gasteiger partial charge in [-0.25, -0.2) is 4.79 Å². The molecule has 0 fully saturated rings. The van der Waals surface area contributed by atoms with Crippen molar-refractivity contribution in [3.8, 4) is 0 Å². The maximum absolute atomic E-state index is 11.4. The van der Waals surface area contributed by atoms with Crippen molar-refractivity contribution in [1.29, 1.82) is 0 Å². The summed E-state index contributed by atoms with van der Waals surface area (Å²) in [6.45, 7) is 6.67. The summed E-state index contributed by atoms with van der Waals surface area (Å²) in [5.74, 6) is -0.456. The van der Waals surface area contributed by atoms with Crippen LogP contribution in [-0.4, -0.2) is 50.4 Å². The minimum absolute atomic E-state index is 0.308. The summed E-state index contributed by atoms with van der Waals surface area (Å²) >= 11 is 0. The Kier molecular flexibility index (Phi) is 8.09. The lowest BCUT2D eigenvalue weighted by atomic mass is 10.2. The summed E-state index contributed by atoms with van der Waals surface area (Å²) in [6, 6.07) is -0.495. The van der Waals surface area contributed by atoms with E-state index >= 15 is 0 Å². The molecule has 112 valence electrons. The number of ether oxygens (including phenoxy) is 2. The quantitative estimate of drug-likeness (QED) is 0.541. The highest BCUT2D eigenvalue weighted by Crippen LogP contribution is 2.06. The van der Waals surface area contributed by atoms with E-state index in [-0.39, 0.29) is 0 Å². The lowest BCUT2D eigenvalue weighted by Crippen LogP contribution is -2.45. The smallest absolute Gasteiger partial charge is 0.407 e. The fourth-order valence-corrected chi connectivity index (χ4v) is 1.31. The highest BCUT2D eigenvalue weighted by Gasteiger charge is 2.17. The Balaban J connectivity index is 3.92. The summed E-state index contributed by atoms with van der Waals surface area (Å²) in [5.41, 5.74) is 4.71. The zero-order chi connectivity index (χ0) is 14.9. The molecule has 19 heavy (non-hydrogen) atoms. The maximum Gasteiger partial charge on any atom is 0.407 e. The summed E-state index contributed by atoms with van der Waals surface area (Å²) in [4.78, 5) is 22.6. The van der Waals surface area contributed by atoms with Crippen LogP contribution < -0.4 is 16.4 Å². The van der Waals surface area contributed by atoms with Crippen LogP contribution in [0, 0.1) is 0 Å². The average molecular weight is 275 g/mol. The van der Waals surface area contributed by atoms with Crippen LogP contribution in [0.5, 0.6) is 0 Å². The highest BCUT2D eigenvalue weighted by atomic mass is 16.6. The molecule has 0 aromatic rings. The lowest BCUT2D eigenvalue weighted by molar-refractivity contribution is -0.120. The van der Waals surface area contributed by atoms with Gasteiger partial charge in [-0.05, 0) is 27.2 Å². The molecule has 0 bridgehead atoms. The first-order valence-electron chi connectivity index (χ1n) is 6.24. The molecule has 0 aliphatic rings. The lowest BCUT2D eigenvalue weighted by Gasteiger charge is -2.20. The van der Waals surface area contributed by atoms with Gasteiger partial charge in [0.15, 0.2) is 0 Å². The van der Waals surface area contributed by atoms with Crippen LogP contribution in [-0.2, 0) is 14.3 Å². The van der Waals surface area contributed by atoms with Gasteiger partial charge in [-0.15, -0.1) is 0 Å². The number of rotatable bonds is 8. The molecule has 1 atom stereocenters. The van der Waals surface area contributed by atoms with Crippen LogP contribution >= 0.6 is 0 Å². The van der Waals surface area contributed by atoms with E-state index < -0.39 is 23.6 Å². The summed E-state index contributed by atoms with van der Waals surface area (Å²) < 4.78 is 9.94. The summed E-state index contributed by atoms with van der Waals surface area (Å²) in [6.07, 6.45) is -0.106. The molecule has 1 unspecified atom stereocenters. The molecule has 0 aromatic heterocycles. The second-order valence-corrected chi connectivity index (χ2v) is 5.12. The molecule has 0 spiro atoms. The number of carbonyl (C=O) groups is 2. The van der Waals surface area contributed by atoms with E-state index in [1.54, 1.807) is 27.9 Å². The normalized spacial score (nSPS) is 12.8. The number of amides is 2. The van der Waals surface area contributed by atoms with E-state index in [9.17, 15) is 9.59 Å². The first-order chi connectivity index (χ1) is 8.76. The first-order valence-corrected chi connectivity index (χ1v) is 6.24. The van der Waals surface area contributed by atoms with Crippen LogP contribution in [0.1, 0.15) is 27.2 Å². The molecule has 0 heterocycles. The molecule has 7 heteroatoms. The van der Waals surface area contributed by atoms with Crippen LogP contribution in [0.15, 0.2) is 0 Å². The van der Waals surface area contributed by atoms with E-state index in [0.29, 0.717) is 26.1 Å². The largest absolute Gasteiger partial charge is 0.444 e. The average Bonchev–Trinajstić information content (AvgIpc) is 2.24. The van der Waals surface area contributed by atoms with Crippen molar-refractivity contribution < 1.29 is 19.1 Å². The van der Waals surface area contributed by atoms with Crippen molar-refractivity contribution in [3.05, 3.63) is 0 Å². The number of alkyl carbamates (subject to hydrolysis) is 1. The van der Waals surface area contributed by atoms with Gasteiger partial charge in [-0.3, -0.25) is 4.79 Å². The van der Waals surface area contributed by atoms with E-state index in [1.165, 1.54) is 0 Å². The number of primary amides is 1. The van der Waals surface area contributed by atoms with Crippen LogP contribution in [0.4, 0.5) is 4.79 Å². The molecule has 2 amide bonds. The number of nitrogens with one attached hydrogen (secondary N) is 2. The Labute approximate surface area is 114 Å². The van der Waals surface area contributed by atoms with Gasteiger partial charge < -0.3 is 25.8 Å². The minimum Gasteiger partial charge on any atom is -0.444 e. The molecule has 0 rings (SSSR count). The van der Waals surface area contributed by atoms with Gasteiger partial charge in [0.25, 0.3) is 0 Å². The fraction of sp³-hybridized carbons (Fsp3) is 0.833. The SMILES string of the molecule is COCCNC(CCNC(=O)OC(C)(C)C)C(N)=O. The van der Waals surface area contributed by atoms with Crippen molar-refractivity contribution >= 4 is 12.0 Å². The number of hydrogen-bond acceptors (Lipinski definition) is 5. The molecular formula is C12H25N3O4. The van der Waals surface area contributed by atoms with Crippen LogP contribution in [0.3, 0.4) is 0 Å². The van der Waals surface area contributed by atoms with Crippen molar-refractivity contribution in [1.82, 2.24) is 10.6 Å². The zero-order valence-corrected chi connectivity index (χ0v) is 12.1. The van der Waals surface area contributed by atoms with E-state index in [0.717, 1.165) is 0 Å². The van der Waals surface area contributed by atoms with Gasteiger partial charge in [0.1, 0.15) is 5.60 Å². The van der Waals surface area contributed by atoms with Gasteiger partial charge in [0.05, 0.1) is 12.6 Å². The van der Waals surface area contributed by atoms with Crippen molar-refractivity contribution in [2.75, 3.05) is 26.8 Å². The van der Waals surface area contributed by atoms with Gasteiger partial charge in [-0.2, -0.15) is 0 Å². The third kappa shape index (κ3) is 10.3. The van der Waals surface area contributed by atoms with Gasteiger partial charge in [-0.1, -0.05) is 0 Å². The Morgan fingerprint density at radius 1 is 1.26 bits per heavy atom. The number of methoxy groups -OCH3 is 1. The van der Waals surface area contributed by atoms with Crippen LogP contribution in [0.25, 0.3) is 0 Å². The zero-order valence-electron chi connectivity index (χ0n) is 12.1. The van der Waals surface area contributed by atoms with E-state index in [4.69, 9.17) is 15.2 Å². The second-order valence-electron chi connectivity index (χ2n) is 5.12. The third-order valence-corrected chi connectivity index (χ3v) is 2.14. The van der Waals surface area contributed by atoms with E-state index in [1.807, 2.05) is 0 Å². The predicted octanol–water partition coefficient (Wildman–Crippen LogP) is -0.00890. The Hall–Kier alpha value is -1.34. The topological polar surface area (TPSA) is 103 Å². The molecule has 0 radical (unpaired) electrons. The highest BCUT2D eigenvalue weighted by molar-refractivity contribution is 5.79. The summed E-state index contributed by atoms with van der Waals surface area (Å²) in [5, 5.41) is 5.53. The summed E-state index contributed by atoms with van der Waals surface area (Å²) in [7, 11) is 1.57. The second kappa shape index (κ2) is 8.71. The molecule has 7 nitrogen and oxygen atoms in total. The van der Waals surface area contributed by atoms with Crippen molar-refractivity contribution in [3.63, 3.8) is 0 Å². The maximum atomic E-state index is 11.4. The molecule has 4 N–H and O–H groups in total. The standard InChI is InChI=1S/C12H25N3O4/c1-12(2,3)19-11(17)15-6-5-9(10(13)16)14-7-8-18-4/h9,14H,5-8H2,1-4H3,(H2,13,16)(H,15,17). The number of carbonyl (C=O) groups excluding carboxylic acids is 2. The van der Waals surface area contributed by atoms with Crippen molar-refractivity contribution in [2.45, 2.75) is 38.8 Å². The minimum atomic E-state index is -0.538. The molecule has 0 aliphatic carbocycles. The first kappa shape index (κ1) is 17.7. The molecule has 0 aromatic carbocycles. The molecule has 0 aliphatic heterocycles. The van der Waals surface area contributed by atoms with Crippen LogP contribution in [0.2, 0.25) is 0 Å².